The van der Waals surface area contributed by atoms with E-state index in [1.54, 1.807) is 4.31 Å². The summed E-state index contributed by atoms with van der Waals surface area (Å²) in [7, 11) is -3.44. The molecular formula is C11H20N4O2S. The quantitative estimate of drug-likeness (QED) is 0.783. The summed E-state index contributed by atoms with van der Waals surface area (Å²) in [5.74, 6) is 0.705. The van der Waals surface area contributed by atoms with E-state index in [1.165, 1.54) is 6.20 Å². The van der Waals surface area contributed by atoms with E-state index in [2.05, 4.69) is 15.3 Å². The van der Waals surface area contributed by atoms with Crippen molar-refractivity contribution in [3.63, 3.8) is 0 Å². The number of imidazole rings is 1. The topological polar surface area (TPSA) is 78.1 Å². The first-order chi connectivity index (χ1) is 8.59. The monoisotopic (exact) mass is 272 g/mol. The van der Waals surface area contributed by atoms with E-state index in [9.17, 15) is 8.42 Å². The summed E-state index contributed by atoms with van der Waals surface area (Å²) in [5.41, 5.74) is 0. The lowest BCUT2D eigenvalue weighted by Crippen LogP contribution is -2.58. The van der Waals surface area contributed by atoms with Crippen molar-refractivity contribution in [2.45, 2.75) is 37.8 Å². The van der Waals surface area contributed by atoms with E-state index in [0.29, 0.717) is 18.8 Å². The van der Waals surface area contributed by atoms with Crippen molar-refractivity contribution in [2.24, 2.45) is 0 Å². The highest BCUT2D eigenvalue weighted by Gasteiger charge is 2.35. The average Bonchev–Trinajstić information content (AvgIpc) is 2.75. The summed E-state index contributed by atoms with van der Waals surface area (Å²) >= 11 is 0. The number of aromatic nitrogens is 2. The van der Waals surface area contributed by atoms with Crippen LogP contribution < -0.4 is 5.32 Å². The van der Waals surface area contributed by atoms with E-state index in [-0.39, 0.29) is 11.1 Å². The van der Waals surface area contributed by atoms with Crippen molar-refractivity contribution >= 4 is 10.0 Å². The Balaban J connectivity index is 2.26. The molecule has 1 aromatic rings. The number of sulfonamides is 1. The third kappa shape index (κ3) is 2.43. The first kappa shape index (κ1) is 13.5. The number of rotatable bonds is 6. The van der Waals surface area contributed by atoms with Crippen molar-refractivity contribution < 1.29 is 8.42 Å². The van der Waals surface area contributed by atoms with Gasteiger partial charge in [-0.1, -0.05) is 13.8 Å². The predicted molar refractivity (Wildman–Crippen MR) is 68.8 cm³/mol. The highest BCUT2D eigenvalue weighted by Crippen LogP contribution is 2.19. The second-order valence-electron chi connectivity index (χ2n) is 4.48. The molecule has 1 aliphatic heterocycles. The zero-order valence-corrected chi connectivity index (χ0v) is 11.6. The van der Waals surface area contributed by atoms with Crippen LogP contribution in [0.2, 0.25) is 0 Å². The van der Waals surface area contributed by atoms with E-state index >= 15 is 0 Å². The smallest absolute Gasteiger partial charge is 0.260 e. The Bertz CT molecular complexity index is 493. The molecule has 2 rings (SSSR count). The fourth-order valence-electron chi connectivity index (χ4n) is 1.98. The van der Waals surface area contributed by atoms with Gasteiger partial charge in [0, 0.05) is 26.1 Å². The Hall–Kier alpha value is -0.920. The summed E-state index contributed by atoms with van der Waals surface area (Å²) in [6.45, 7) is 5.94. The first-order valence-corrected chi connectivity index (χ1v) is 7.80. The van der Waals surface area contributed by atoms with Crippen LogP contribution in [0.4, 0.5) is 0 Å². The minimum absolute atomic E-state index is 0.0725. The number of H-pyrrole nitrogens is 1. The van der Waals surface area contributed by atoms with E-state index in [1.807, 2.05) is 13.8 Å². The third-order valence-corrected chi connectivity index (χ3v) is 5.00. The summed E-state index contributed by atoms with van der Waals surface area (Å²) < 4.78 is 26.6. The van der Waals surface area contributed by atoms with E-state index in [4.69, 9.17) is 0 Å². The highest BCUT2D eigenvalue weighted by molar-refractivity contribution is 7.89. The number of nitrogens with one attached hydrogen (secondary N) is 2. The average molecular weight is 272 g/mol. The molecule has 1 fully saturated rings. The Morgan fingerprint density at radius 3 is 2.61 bits per heavy atom. The van der Waals surface area contributed by atoms with Crippen LogP contribution in [-0.2, 0) is 16.4 Å². The number of nitrogens with zero attached hydrogens (tertiary/aromatic N) is 2. The fourth-order valence-corrected chi connectivity index (χ4v) is 3.63. The van der Waals surface area contributed by atoms with Gasteiger partial charge in [0.05, 0.1) is 12.2 Å². The number of hydrogen-bond acceptors (Lipinski definition) is 4. The van der Waals surface area contributed by atoms with Crippen molar-refractivity contribution in [3.8, 4) is 0 Å². The van der Waals surface area contributed by atoms with Gasteiger partial charge in [0.25, 0.3) is 10.0 Å². The van der Waals surface area contributed by atoms with Crippen LogP contribution in [-0.4, -0.2) is 48.4 Å². The van der Waals surface area contributed by atoms with Crippen LogP contribution in [0.15, 0.2) is 11.2 Å². The maximum Gasteiger partial charge on any atom is 0.260 e. The molecule has 1 saturated heterocycles. The van der Waals surface area contributed by atoms with Gasteiger partial charge in [-0.05, 0) is 6.42 Å². The van der Waals surface area contributed by atoms with Crippen LogP contribution in [0.5, 0.6) is 0 Å². The molecular weight excluding hydrogens is 252 g/mol. The Morgan fingerprint density at radius 1 is 1.44 bits per heavy atom. The van der Waals surface area contributed by atoms with Crippen molar-refractivity contribution in [1.29, 1.82) is 0 Å². The molecule has 1 aliphatic rings. The van der Waals surface area contributed by atoms with E-state index < -0.39 is 10.0 Å². The first-order valence-electron chi connectivity index (χ1n) is 6.36. The van der Waals surface area contributed by atoms with E-state index in [0.717, 1.165) is 19.5 Å². The standard InChI is InChI=1S/C11H20N4O2S/c1-3-5-15(9-6-12-7-9)18(16,17)11-8-13-10(4-2)14-11/h8-9,12H,3-7H2,1-2H3,(H,13,14). The molecule has 0 saturated carbocycles. The number of hydrogen-bond donors (Lipinski definition) is 2. The van der Waals surface area contributed by atoms with Gasteiger partial charge in [-0.25, -0.2) is 13.4 Å². The van der Waals surface area contributed by atoms with Crippen molar-refractivity contribution in [2.75, 3.05) is 19.6 Å². The number of aryl methyl sites for hydroxylation is 1. The Labute approximate surface area is 108 Å². The molecule has 0 amide bonds. The largest absolute Gasteiger partial charge is 0.332 e. The Morgan fingerprint density at radius 2 is 2.17 bits per heavy atom. The second-order valence-corrected chi connectivity index (χ2v) is 6.33. The summed E-state index contributed by atoms with van der Waals surface area (Å²) in [5, 5.41) is 3.32. The summed E-state index contributed by atoms with van der Waals surface area (Å²) in [6.07, 6.45) is 2.93. The van der Waals surface area contributed by atoms with Gasteiger partial charge in [0.1, 0.15) is 5.82 Å². The molecule has 102 valence electrons. The molecule has 2 N–H and O–H groups in total. The molecule has 0 spiro atoms. The molecule has 1 aromatic heterocycles. The maximum absolute atomic E-state index is 12.5. The van der Waals surface area contributed by atoms with Crippen LogP contribution in [0.1, 0.15) is 26.1 Å². The molecule has 0 aromatic carbocycles. The predicted octanol–water partition coefficient (Wildman–Crippen LogP) is 0.345. The highest BCUT2D eigenvalue weighted by atomic mass is 32.2. The minimum atomic E-state index is -3.44. The minimum Gasteiger partial charge on any atom is -0.332 e. The third-order valence-electron chi connectivity index (χ3n) is 3.14. The molecule has 18 heavy (non-hydrogen) atoms. The zero-order valence-electron chi connectivity index (χ0n) is 10.8. The van der Waals surface area contributed by atoms with Crippen molar-refractivity contribution in [3.05, 3.63) is 12.0 Å². The van der Waals surface area contributed by atoms with Gasteiger partial charge in [0.15, 0.2) is 5.03 Å². The zero-order chi connectivity index (χ0) is 13.2. The molecule has 0 bridgehead atoms. The second kappa shape index (κ2) is 5.38. The normalized spacial score (nSPS) is 17.1. The van der Waals surface area contributed by atoms with Gasteiger partial charge in [-0.3, -0.25) is 0 Å². The molecule has 2 heterocycles. The molecule has 0 radical (unpaired) electrons. The lowest BCUT2D eigenvalue weighted by molar-refractivity contribution is 0.241. The molecule has 7 heteroatoms. The molecule has 6 nitrogen and oxygen atoms in total. The summed E-state index contributed by atoms with van der Waals surface area (Å²) in [6, 6.07) is 0.0725. The van der Waals surface area contributed by atoms with Gasteiger partial charge >= 0.3 is 0 Å². The van der Waals surface area contributed by atoms with Crippen LogP contribution in [0, 0.1) is 0 Å². The van der Waals surface area contributed by atoms with Crippen molar-refractivity contribution in [1.82, 2.24) is 19.6 Å². The SMILES string of the molecule is CCCN(C1CNC1)S(=O)(=O)c1cnc(CC)[nH]1. The van der Waals surface area contributed by atoms with Gasteiger partial charge in [-0.15, -0.1) is 0 Å². The van der Waals surface area contributed by atoms with Gasteiger partial charge in [0.2, 0.25) is 0 Å². The molecule has 0 unspecified atom stereocenters. The van der Waals surface area contributed by atoms with Crippen LogP contribution in [0.25, 0.3) is 0 Å². The molecule has 0 aliphatic carbocycles. The Kier molecular flexibility index (Phi) is 4.04. The lowest BCUT2D eigenvalue weighted by atomic mass is 10.2. The van der Waals surface area contributed by atoms with Gasteiger partial charge < -0.3 is 10.3 Å². The summed E-state index contributed by atoms with van der Waals surface area (Å²) in [4.78, 5) is 6.95. The van der Waals surface area contributed by atoms with Gasteiger partial charge in [-0.2, -0.15) is 4.31 Å². The van der Waals surface area contributed by atoms with Crippen LogP contribution in [0.3, 0.4) is 0 Å². The fraction of sp³-hybridized carbons (Fsp3) is 0.727. The van der Waals surface area contributed by atoms with Crippen LogP contribution >= 0.6 is 0 Å². The molecule has 0 atom stereocenters. The maximum atomic E-state index is 12.5. The lowest BCUT2D eigenvalue weighted by Gasteiger charge is -2.36. The number of aromatic amines is 1.